The molecule has 0 amide bonds. The molecule has 0 atom stereocenters. The first-order chi connectivity index (χ1) is 10.6. The lowest BCUT2D eigenvalue weighted by Crippen LogP contribution is -2.13. The average molecular weight is 340 g/mol. The van der Waals surface area contributed by atoms with Gasteiger partial charge in [-0.3, -0.25) is 0 Å². The summed E-state index contributed by atoms with van der Waals surface area (Å²) in [7, 11) is 0. The molecule has 0 saturated heterocycles. The Kier molecular flexibility index (Phi) is 6.84. The van der Waals surface area contributed by atoms with Gasteiger partial charge < -0.3 is 0 Å². The molecule has 0 bridgehead atoms. The fourth-order valence-electron chi connectivity index (χ4n) is 2.36. The zero-order chi connectivity index (χ0) is 17.6. The highest BCUT2D eigenvalue weighted by atomic mass is 19.4. The molecule has 0 aliphatic heterocycles. The van der Waals surface area contributed by atoms with Gasteiger partial charge in [-0.1, -0.05) is 12.1 Å². The maximum absolute atomic E-state index is 13.2. The van der Waals surface area contributed by atoms with Crippen LogP contribution in [0.15, 0.2) is 36.4 Å². The van der Waals surface area contributed by atoms with Crippen molar-refractivity contribution >= 4 is 0 Å². The summed E-state index contributed by atoms with van der Waals surface area (Å²) in [5.74, 6) is 0. The van der Waals surface area contributed by atoms with Gasteiger partial charge in [0.2, 0.25) is 0 Å². The van der Waals surface area contributed by atoms with Gasteiger partial charge in [0.05, 0.1) is 5.56 Å². The molecule has 128 valence electrons. The van der Waals surface area contributed by atoms with E-state index in [0.717, 1.165) is 0 Å². The maximum atomic E-state index is 13.2. The van der Waals surface area contributed by atoms with Crippen molar-refractivity contribution in [1.29, 1.82) is 0 Å². The SMILES string of the molecule is Cc1c(CCC=C(F)F)ccc(CCC=C(F)F)c1C(F)(F)F. The topological polar surface area (TPSA) is 0 Å². The monoisotopic (exact) mass is 340 g/mol. The summed E-state index contributed by atoms with van der Waals surface area (Å²) in [6.07, 6.45) is -7.64. The molecular formula is C16H15F7. The normalized spacial score (nSPS) is 11.3. The number of aryl methyl sites for hydroxylation is 2. The fourth-order valence-corrected chi connectivity index (χ4v) is 2.36. The Hall–Kier alpha value is -1.79. The van der Waals surface area contributed by atoms with Crippen molar-refractivity contribution in [2.24, 2.45) is 0 Å². The minimum Gasteiger partial charge on any atom is -0.174 e. The van der Waals surface area contributed by atoms with E-state index in [1.54, 1.807) is 0 Å². The molecule has 1 rings (SSSR count). The Morgan fingerprint density at radius 3 is 1.74 bits per heavy atom. The van der Waals surface area contributed by atoms with Gasteiger partial charge in [-0.25, -0.2) is 0 Å². The highest BCUT2D eigenvalue weighted by Crippen LogP contribution is 2.37. The van der Waals surface area contributed by atoms with Gasteiger partial charge in [0.1, 0.15) is 0 Å². The second kappa shape index (κ2) is 8.17. The van der Waals surface area contributed by atoms with Gasteiger partial charge in [0, 0.05) is 0 Å². The van der Waals surface area contributed by atoms with Crippen LogP contribution in [0.2, 0.25) is 0 Å². The molecule has 1 aromatic rings. The second-order valence-corrected chi connectivity index (χ2v) is 4.95. The van der Waals surface area contributed by atoms with E-state index in [-0.39, 0.29) is 36.8 Å². The summed E-state index contributed by atoms with van der Waals surface area (Å²) in [4.78, 5) is 0. The first-order valence-electron chi connectivity index (χ1n) is 6.83. The van der Waals surface area contributed by atoms with Crippen LogP contribution in [0.4, 0.5) is 30.7 Å². The third kappa shape index (κ3) is 6.08. The van der Waals surface area contributed by atoms with Gasteiger partial charge in [-0.05, 0) is 61.4 Å². The van der Waals surface area contributed by atoms with E-state index in [0.29, 0.717) is 17.7 Å². The van der Waals surface area contributed by atoms with Crippen LogP contribution in [-0.4, -0.2) is 0 Å². The zero-order valence-corrected chi connectivity index (χ0v) is 12.3. The summed E-state index contributed by atoms with van der Waals surface area (Å²) >= 11 is 0. The van der Waals surface area contributed by atoms with Gasteiger partial charge in [-0.15, -0.1) is 0 Å². The van der Waals surface area contributed by atoms with E-state index in [1.807, 2.05) is 0 Å². The quantitative estimate of drug-likeness (QED) is 0.523. The van der Waals surface area contributed by atoms with Gasteiger partial charge in [0.15, 0.2) is 0 Å². The third-order valence-electron chi connectivity index (χ3n) is 3.37. The molecule has 0 aliphatic carbocycles. The van der Waals surface area contributed by atoms with E-state index in [9.17, 15) is 30.7 Å². The smallest absolute Gasteiger partial charge is 0.174 e. The predicted molar refractivity (Wildman–Crippen MR) is 73.4 cm³/mol. The number of rotatable bonds is 6. The lowest BCUT2D eigenvalue weighted by atomic mass is 9.92. The Balaban J connectivity index is 3.11. The number of alkyl halides is 3. The van der Waals surface area contributed by atoms with Crippen molar-refractivity contribution in [3.05, 3.63) is 58.7 Å². The lowest BCUT2D eigenvalue weighted by Gasteiger charge is -2.18. The molecule has 0 fully saturated rings. The second-order valence-electron chi connectivity index (χ2n) is 4.95. The van der Waals surface area contributed by atoms with Crippen LogP contribution < -0.4 is 0 Å². The molecule has 0 unspecified atom stereocenters. The van der Waals surface area contributed by atoms with Crippen LogP contribution >= 0.6 is 0 Å². The average Bonchev–Trinajstić information content (AvgIpc) is 2.38. The highest BCUT2D eigenvalue weighted by Gasteiger charge is 2.35. The van der Waals surface area contributed by atoms with Crippen molar-refractivity contribution in [3.63, 3.8) is 0 Å². The fraction of sp³-hybridized carbons (Fsp3) is 0.375. The molecule has 0 N–H and O–H groups in total. The van der Waals surface area contributed by atoms with E-state index < -0.39 is 23.9 Å². The first kappa shape index (κ1) is 19.3. The standard InChI is InChI=1S/C16H15F7/c1-10-11(4-2-6-13(17)18)8-9-12(5-3-7-14(19)20)15(10)16(21,22)23/h6-9H,2-5H2,1H3. The molecule has 0 saturated carbocycles. The minimum atomic E-state index is -4.63. The Bertz CT molecular complexity index is 589. The first-order valence-corrected chi connectivity index (χ1v) is 6.83. The number of hydrogen-bond acceptors (Lipinski definition) is 0. The summed E-state index contributed by atoms with van der Waals surface area (Å²) < 4.78 is 87.7. The van der Waals surface area contributed by atoms with E-state index in [2.05, 4.69) is 0 Å². The van der Waals surface area contributed by atoms with Gasteiger partial charge in [-0.2, -0.15) is 30.7 Å². The summed E-state index contributed by atoms with van der Waals surface area (Å²) in [5.41, 5.74) is -0.686. The summed E-state index contributed by atoms with van der Waals surface area (Å²) in [5, 5.41) is 0. The summed E-state index contributed by atoms with van der Waals surface area (Å²) in [6.45, 7) is 1.27. The molecule has 7 heteroatoms. The van der Waals surface area contributed by atoms with Crippen LogP contribution in [0, 0.1) is 6.92 Å². The van der Waals surface area contributed by atoms with Crippen molar-refractivity contribution in [2.75, 3.05) is 0 Å². The molecule has 1 aromatic carbocycles. The van der Waals surface area contributed by atoms with Crippen LogP contribution in [0.25, 0.3) is 0 Å². The molecule has 23 heavy (non-hydrogen) atoms. The molecule has 0 aromatic heterocycles. The number of benzene rings is 1. The van der Waals surface area contributed by atoms with E-state index >= 15 is 0 Å². The molecule has 0 nitrogen and oxygen atoms in total. The van der Waals surface area contributed by atoms with Crippen LogP contribution in [0.3, 0.4) is 0 Å². The van der Waals surface area contributed by atoms with Crippen LogP contribution in [-0.2, 0) is 19.0 Å². The molecule has 0 aliphatic rings. The minimum absolute atomic E-state index is 0.0472. The number of halogens is 7. The Morgan fingerprint density at radius 2 is 1.30 bits per heavy atom. The Labute approximate surface area is 129 Å². The van der Waals surface area contributed by atoms with Crippen molar-refractivity contribution in [1.82, 2.24) is 0 Å². The zero-order valence-electron chi connectivity index (χ0n) is 12.3. The van der Waals surface area contributed by atoms with Crippen molar-refractivity contribution in [3.8, 4) is 0 Å². The van der Waals surface area contributed by atoms with E-state index in [1.165, 1.54) is 19.1 Å². The van der Waals surface area contributed by atoms with Crippen LogP contribution in [0.5, 0.6) is 0 Å². The third-order valence-corrected chi connectivity index (χ3v) is 3.37. The number of hydrogen-bond donors (Lipinski definition) is 0. The molecule has 0 spiro atoms. The maximum Gasteiger partial charge on any atom is 0.416 e. The largest absolute Gasteiger partial charge is 0.416 e. The van der Waals surface area contributed by atoms with Gasteiger partial charge >= 0.3 is 6.18 Å². The molecule has 0 heterocycles. The van der Waals surface area contributed by atoms with Gasteiger partial charge in [0.25, 0.3) is 12.2 Å². The van der Waals surface area contributed by atoms with E-state index in [4.69, 9.17) is 0 Å². The highest BCUT2D eigenvalue weighted by molar-refractivity contribution is 5.42. The van der Waals surface area contributed by atoms with Crippen molar-refractivity contribution < 1.29 is 30.7 Å². The lowest BCUT2D eigenvalue weighted by molar-refractivity contribution is -0.138. The molecular weight excluding hydrogens is 325 g/mol. The van der Waals surface area contributed by atoms with Crippen molar-refractivity contribution in [2.45, 2.75) is 38.8 Å². The molecule has 0 radical (unpaired) electrons. The Morgan fingerprint density at radius 1 is 0.870 bits per heavy atom. The van der Waals surface area contributed by atoms with Crippen LogP contribution in [0.1, 0.15) is 35.1 Å². The summed E-state index contributed by atoms with van der Waals surface area (Å²) in [6, 6.07) is 2.66. The number of allylic oxidation sites excluding steroid dienone is 2. The predicted octanol–water partition coefficient (Wildman–Crippen LogP) is 6.44.